The Bertz CT molecular complexity index is 285. The Kier molecular flexibility index (Phi) is 6.27. The van der Waals surface area contributed by atoms with E-state index >= 15 is 0 Å². The van der Waals surface area contributed by atoms with E-state index in [4.69, 9.17) is 5.73 Å². The van der Waals surface area contributed by atoms with Crippen molar-refractivity contribution >= 4 is 5.91 Å². The van der Waals surface area contributed by atoms with E-state index in [1.54, 1.807) is 0 Å². The SMILES string of the molecule is CC1CC(CN)(C(=O)NCCCCN(C)C(C)C)C1. The van der Waals surface area contributed by atoms with E-state index in [0.29, 0.717) is 18.5 Å². The van der Waals surface area contributed by atoms with Crippen molar-refractivity contribution in [3.05, 3.63) is 0 Å². The molecule has 1 amide bonds. The summed E-state index contributed by atoms with van der Waals surface area (Å²) in [4.78, 5) is 14.5. The highest BCUT2D eigenvalue weighted by molar-refractivity contribution is 5.83. The molecule has 0 bridgehead atoms. The normalized spacial score (nSPS) is 26.6. The molecule has 1 rings (SSSR count). The summed E-state index contributed by atoms with van der Waals surface area (Å²) in [7, 11) is 2.14. The number of nitrogens with two attached hydrogens (primary N) is 1. The van der Waals surface area contributed by atoms with Crippen LogP contribution in [0.2, 0.25) is 0 Å². The lowest BCUT2D eigenvalue weighted by molar-refractivity contribution is -0.138. The van der Waals surface area contributed by atoms with Crippen molar-refractivity contribution in [3.63, 3.8) is 0 Å². The molecule has 1 aliphatic rings. The molecule has 0 radical (unpaired) electrons. The summed E-state index contributed by atoms with van der Waals surface area (Å²) < 4.78 is 0. The lowest BCUT2D eigenvalue weighted by Gasteiger charge is -2.44. The molecule has 0 aromatic rings. The van der Waals surface area contributed by atoms with Crippen LogP contribution in [-0.4, -0.2) is 43.5 Å². The Morgan fingerprint density at radius 1 is 1.42 bits per heavy atom. The highest BCUT2D eigenvalue weighted by Crippen LogP contribution is 2.44. The van der Waals surface area contributed by atoms with Crippen molar-refractivity contribution in [2.24, 2.45) is 17.1 Å². The predicted octanol–water partition coefficient (Wildman–Crippen LogP) is 1.60. The largest absolute Gasteiger partial charge is 0.356 e. The number of nitrogens with one attached hydrogen (secondary N) is 1. The fourth-order valence-electron chi connectivity index (χ4n) is 2.85. The molecule has 1 fully saturated rings. The minimum Gasteiger partial charge on any atom is -0.356 e. The smallest absolute Gasteiger partial charge is 0.227 e. The van der Waals surface area contributed by atoms with Crippen molar-refractivity contribution in [1.82, 2.24) is 10.2 Å². The predicted molar refractivity (Wildman–Crippen MR) is 79.9 cm³/mol. The van der Waals surface area contributed by atoms with Crippen LogP contribution >= 0.6 is 0 Å². The molecular formula is C15H31N3O. The maximum absolute atomic E-state index is 12.1. The van der Waals surface area contributed by atoms with Crippen molar-refractivity contribution in [3.8, 4) is 0 Å². The molecule has 3 N–H and O–H groups in total. The highest BCUT2D eigenvalue weighted by atomic mass is 16.2. The second kappa shape index (κ2) is 7.25. The van der Waals surface area contributed by atoms with E-state index < -0.39 is 0 Å². The number of carbonyl (C=O) groups is 1. The van der Waals surface area contributed by atoms with E-state index in [9.17, 15) is 4.79 Å². The third kappa shape index (κ3) is 4.46. The van der Waals surface area contributed by atoms with Gasteiger partial charge in [-0.15, -0.1) is 0 Å². The monoisotopic (exact) mass is 269 g/mol. The van der Waals surface area contributed by atoms with Gasteiger partial charge in [-0.05, 0) is 59.0 Å². The fourth-order valence-corrected chi connectivity index (χ4v) is 2.85. The minimum atomic E-state index is -0.256. The van der Waals surface area contributed by atoms with E-state index in [-0.39, 0.29) is 11.3 Å². The Hall–Kier alpha value is -0.610. The van der Waals surface area contributed by atoms with E-state index in [2.05, 4.69) is 38.0 Å². The third-order valence-corrected chi connectivity index (χ3v) is 4.46. The van der Waals surface area contributed by atoms with Crippen molar-refractivity contribution < 1.29 is 4.79 Å². The molecule has 0 spiro atoms. The average molecular weight is 269 g/mol. The minimum absolute atomic E-state index is 0.172. The molecule has 0 heterocycles. The van der Waals surface area contributed by atoms with Gasteiger partial charge < -0.3 is 16.0 Å². The molecule has 1 saturated carbocycles. The summed E-state index contributed by atoms with van der Waals surface area (Å²) in [5, 5.41) is 3.06. The zero-order valence-electron chi connectivity index (χ0n) is 13.0. The van der Waals surface area contributed by atoms with Gasteiger partial charge in [-0.2, -0.15) is 0 Å². The van der Waals surface area contributed by atoms with Crippen LogP contribution in [0.25, 0.3) is 0 Å². The molecule has 0 atom stereocenters. The first-order valence-electron chi connectivity index (χ1n) is 7.60. The van der Waals surface area contributed by atoms with Crippen LogP contribution in [-0.2, 0) is 4.79 Å². The lowest BCUT2D eigenvalue weighted by Crippen LogP contribution is -2.53. The van der Waals surface area contributed by atoms with Crippen molar-refractivity contribution in [2.45, 2.75) is 52.5 Å². The number of hydrogen-bond acceptors (Lipinski definition) is 3. The Balaban J connectivity index is 2.14. The summed E-state index contributed by atoms with van der Waals surface area (Å²) in [6, 6.07) is 0.589. The molecular weight excluding hydrogens is 238 g/mol. The highest BCUT2D eigenvalue weighted by Gasteiger charge is 2.46. The van der Waals surface area contributed by atoms with Crippen LogP contribution < -0.4 is 11.1 Å². The molecule has 1 aliphatic carbocycles. The standard InChI is InChI=1S/C15H31N3O/c1-12(2)18(4)8-6-5-7-17-14(19)15(11-16)9-13(3)10-15/h12-13H,5-11,16H2,1-4H3,(H,17,19). The maximum Gasteiger partial charge on any atom is 0.227 e. The number of hydrogen-bond donors (Lipinski definition) is 2. The number of nitrogens with zero attached hydrogens (tertiary/aromatic N) is 1. The number of rotatable bonds is 8. The Labute approximate surface area is 118 Å². The summed E-state index contributed by atoms with van der Waals surface area (Å²) in [6.07, 6.45) is 4.07. The zero-order valence-corrected chi connectivity index (χ0v) is 13.0. The molecule has 0 aromatic heterocycles. The van der Waals surface area contributed by atoms with Gasteiger partial charge in [0, 0.05) is 19.1 Å². The van der Waals surface area contributed by atoms with Crippen LogP contribution in [0.5, 0.6) is 0 Å². The topological polar surface area (TPSA) is 58.4 Å². The first-order valence-corrected chi connectivity index (χ1v) is 7.60. The summed E-state index contributed by atoms with van der Waals surface area (Å²) in [5.41, 5.74) is 5.51. The number of amides is 1. The van der Waals surface area contributed by atoms with Gasteiger partial charge in [-0.1, -0.05) is 6.92 Å². The van der Waals surface area contributed by atoms with Crippen LogP contribution in [0.15, 0.2) is 0 Å². The third-order valence-electron chi connectivity index (χ3n) is 4.46. The second-order valence-corrected chi connectivity index (χ2v) is 6.54. The molecule has 0 saturated heterocycles. The quantitative estimate of drug-likeness (QED) is 0.658. The molecule has 0 aromatic carbocycles. The van der Waals surface area contributed by atoms with E-state index in [0.717, 1.165) is 38.8 Å². The molecule has 0 aliphatic heterocycles. The van der Waals surface area contributed by atoms with Crippen LogP contribution in [0.1, 0.15) is 46.5 Å². The molecule has 4 nitrogen and oxygen atoms in total. The first kappa shape index (κ1) is 16.4. The molecule has 4 heteroatoms. The molecule has 19 heavy (non-hydrogen) atoms. The van der Waals surface area contributed by atoms with E-state index in [1.807, 2.05) is 0 Å². The van der Waals surface area contributed by atoms with Gasteiger partial charge in [0.25, 0.3) is 0 Å². The molecule has 112 valence electrons. The summed E-state index contributed by atoms with van der Waals surface area (Å²) in [6.45, 7) is 8.94. The number of unbranched alkanes of at least 4 members (excludes halogenated alkanes) is 1. The molecule has 0 unspecified atom stereocenters. The van der Waals surface area contributed by atoms with Crippen LogP contribution in [0.4, 0.5) is 0 Å². The Morgan fingerprint density at radius 2 is 2.05 bits per heavy atom. The van der Waals surface area contributed by atoms with Crippen molar-refractivity contribution in [2.75, 3.05) is 26.7 Å². The van der Waals surface area contributed by atoms with Gasteiger partial charge in [-0.25, -0.2) is 0 Å². The Morgan fingerprint density at radius 3 is 2.53 bits per heavy atom. The van der Waals surface area contributed by atoms with Gasteiger partial charge in [0.05, 0.1) is 5.41 Å². The summed E-state index contributed by atoms with van der Waals surface area (Å²) >= 11 is 0. The fraction of sp³-hybridized carbons (Fsp3) is 0.933. The van der Waals surface area contributed by atoms with Crippen LogP contribution in [0.3, 0.4) is 0 Å². The second-order valence-electron chi connectivity index (χ2n) is 6.54. The van der Waals surface area contributed by atoms with Gasteiger partial charge in [0.1, 0.15) is 0 Å². The zero-order chi connectivity index (χ0) is 14.5. The van der Waals surface area contributed by atoms with Crippen LogP contribution in [0, 0.1) is 11.3 Å². The first-order chi connectivity index (χ1) is 8.91. The van der Waals surface area contributed by atoms with E-state index in [1.165, 1.54) is 0 Å². The van der Waals surface area contributed by atoms with Crippen molar-refractivity contribution in [1.29, 1.82) is 0 Å². The van der Waals surface area contributed by atoms with Gasteiger partial charge in [0.2, 0.25) is 5.91 Å². The maximum atomic E-state index is 12.1. The van der Waals surface area contributed by atoms with Gasteiger partial charge >= 0.3 is 0 Å². The van der Waals surface area contributed by atoms with Gasteiger partial charge in [-0.3, -0.25) is 4.79 Å². The lowest BCUT2D eigenvalue weighted by atomic mass is 9.62. The summed E-state index contributed by atoms with van der Waals surface area (Å²) in [5.74, 6) is 0.819. The van der Waals surface area contributed by atoms with Gasteiger partial charge in [0.15, 0.2) is 0 Å². The average Bonchev–Trinajstić information content (AvgIpc) is 2.33. The number of carbonyl (C=O) groups excluding carboxylic acids is 1.